The van der Waals surface area contributed by atoms with Crippen LogP contribution in [0.25, 0.3) is 0 Å². The highest BCUT2D eigenvalue weighted by Gasteiger charge is 2.17. The van der Waals surface area contributed by atoms with Gasteiger partial charge in [-0.05, 0) is 18.2 Å². The normalized spacial score (nSPS) is 9.95. The van der Waals surface area contributed by atoms with Crippen molar-refractivity contribution in [1.82, 2.24) is 0 Å². The number of carbonyl (C=O) groups is 1. The van der Waals surface area contributed by atoms with Crippen molar-refractivity contribution in [2.75, 3.05) is 12.4 Å². The summed E-state index contributed by atoms with van der Waals surface area (Å²) in [7, 11) is 1.29. The molecule has 0 unspecified atom stereocenters. The zero-order valence-corrected chi connectivity index (χ0v) is 11.1. The lowest BCUT2D eigenvalue weighted by atomic mass is 10.1. The lowest BCUT2D eigenvalue weighted by Crippen LogP contribution is -2.12. The van der Waals surface area contributed by atoms with E-state index in [9.17, 15) is 20.0 Å². The van der Waals surface area contributed by atoms with Gasteiger partial charge < -0.3 is 15.2 Å². The predicted octanol–water partition coefficient (Wildman–Crippen LogP) is 2.56. The van der Waals surface area contributed by atoms with Crippen LogP contribution in [0.4, 0.5) is 11.4 Å². The Balaban J connectivity index is 2.25. The van der Waals surface area contributed by atoms with Crippen molar-refractivity contribution in [2.24, 2.45) is 0 Å². The van der Waals surface area contributed by atoms with Crippen LogP contribution >= 0.6 is 0 Å². The molecule has 2 rings (SSSR count). The number of hydrogen-bond donors (Lipinski definition) is 2. The van der Waals surface area contributed by atoms with Crippen molar-refractivity contribution in [3.63, 3.8) is 0 Å². The molecule has 108 valence electrons. The van der Waals surface area contributed by atoms with E-state index in [2.05, 4.69) is 5.32 Å². The maximum Gasteiger partial charge on any atom is 0.310 e. The minimum atomic E-state index is -0.588. The Kier molecular flexibility index (Phi) is 4.03. The van der Waals surface area contributed by atoms with Gasteiger partial charge in [-0.15, -0.1) is 0 Å². The van der Waals surface area contributed by atoms with Crippen molar-refractivity contribution in [3.05, 3.63) is 58.1 Å². The van der Waals surface area contributed by atoms with Gasteiger partial charge in [0.15, 0.2) is 5.75 Å². The molecule has 0 aliphatic carbocycles. The summed E-state index contributed by atoms with van der Waals surface area (Å²) < 4.78 is 4.91. The molecule has 2 aromatic rings. The van der Waals surface area contributed by atoms with E-state index in [4.69, 9.17) is 4.74 Å². The van der Waals surface area contributed by atoms with Crippen molar-refractivity contribution >= 4 is 17.3 Å². The molecule has 2 aromatic carbocycles. The van der Waals surface area contributed by atoms with Gasteiger partial charge >= 0.3 is 5.69 Å². The van der Waals surface area contributed by atoms with Crippen LogP contribution in [0, 0.1) is 10.1 Å². The van der Waals surface area contributed by atoms with Gasteiger partial charge in [0.05, 0.1) is 12.0 Å². The molecule has 0 spiro atoms. The molecule has 21 heavy (non-hydrogen) atoms. The van der Waals surface area contributed by atoms with Crippen LogP contribution in [0.2, 0.25) is 0 Å². The molecule has 0 bridgehead atoms. The van der Waals surface area contributed by atoms with Gasteiger partial charge in [0, 0.05) is 29.4 Å². The predicted molar refractivity (Wildman–Crippen MR) is 75.7 cm³/mol. The van der Waals surface area contributed by atoms with E-state index in [1.54, 1.807) is 12.1 Å². The quantitative estimate of drug-likeness (QED) is 0.665. The standard InChI is InChI=1S/C14H12N2O5/c1-21-13-7-9(5-6-12(13)16(19)20)14(18)15-10-3-2-4-11(17)8-10/h2-8,17H,1H3,(H,15,18). The van der Waals surface area contributed by atoms with Crippen LogP contribution in [0.15, 0.2) is 42.5 Å². The number of methoxy groups -OCH3 is 1. The summed E-state index contributed by atoms with van der Waals surface area (Å²) in [5, 5.41) is 22.7. The molecule has 0 saturated heterocycles. The molecule has 0 aliphatic heterocycles. The number of rotatable bonds is 4. The van der Waals surface area contributed by atoms with Crippen LogP contribution in [0.3, 0.4) is 0 Å². The fraction of sp³-hybridized carbons (Fsp3) is 0.0714. The molecule has 0 aromatic heterocycles. The Bertz CT molecular complexity index is 700. The SMILES string of the molecule is COc1cc(C(=O)Nc2cccc(O)c2)ccc1[N+](=O)[O-]. The molecule has 0 saturated carbocycles. The Morgan fingerprint density at radius 1 is 1.29 bits per heavy atom. The van der Waals surface area contributed by atoms with Gasteiger partial charge in [-0.3, -0.25) is 14.9 Å². The van der Waals surface area contributed by atoms with Crippen LogP contribution in [0.1, 0.15) is 10.4 Å². The number of nitrogens with one attached hydrogen (secondary N) is 1. The lowest BCUT2D eigenvalue weighted by molar-refractivity contribution is -0.385. The number of amides is 1. The summed E-state index contributed by atoms with van der Waals surface area (Å²) in [5.74, 6) is -0.438. The maximum atomic E-state index is 12.1. The minimum absolute atomic E-state index is 0.00330. The number of ether oxygens (including phenoxy) is 1. The van der Waals surface area contributed by atoms with Crippen molar-refractivity contribution in [1.29, 1.82) is 0 Å². The highest BCUT2D eigenvalue weighted by atomic mass is 16.6. The van der Waals surface area contributed by atoms with Gasteiger partial charge in [-0.25, -0.2) is 0 Å². The first-order valence-corrected chi connectivity index (χ1v) is 5.94. The number of carbonyl (C=O) groups excluding carboxylic acids is 1. The fourth-order valence-corrected chi connectivity index (χ4v) is 1.76. The van der Waals surface area contributed by atoms with E-state index in [-0.39, 0.29) is 22.7 Å². The van der Waals surface area contributed by atoms with E-state index in [0.29, 0.717) is 5.69 Å². The summed E-state index contributed by atoms with van der Waals surface area (Å²) in [6.45, 7) is 0. The largest absolute Gasteiger partial charge is 0.508 e. The van der Waals surface area contributed by atoms with Crippen molar-refractivity contribution in [2.45, 2.75) is 0 Å². The second kappa shape index (κ2) is 5.91. The zero-order chi connectivity index (χ0) is 15.4. The number of hydrogen-bond acceptors (Lipinski definition) is 5. The highest BCUT2D eigenvalue weighted by Crippen LogP contribution is 2.28. The molecule has 1 amide bonds. The van der Waals surface area contributed by atoms with E-state index in [1.807, 2.05) is 0 Å². The van der Waals surface area contributed by atoms with Crippen LogP contribution in [0.5, 0.6) is 11.5 Å². The number of nitrogens with zero attached hydrogens (tertiary/aromatic N) is 1. The molecule has 0 fully saturated rings. The van der Waals surface area contributed by atoms with Crippen molar-refractivity contribution in [3.8, 4) is 11.5 Å². The number of nitro benzene ring substituents is 1. The minimum Gasteiger partial charge on any atom is -0.508 e. The van der Waals surface area contributed by atoms with Gasteiger partial charge in [-0.1, -0.05) is 6.07 Å². The molecule has 0 aliphatic rings. The van der Waals surface area contributed by atoms with Crippen LogP contribution in [-0.2, 0) is 0 Å². The van der Waals surface area contributed by atoms with Crippen LogP contribution in [-0.4, -0.2) is 23.0 Å². The fourth-order valence-electron chi connectivity index (χ4n) is 1.76. The van der Waals surface area contributed by atoms with Crippen LogP contribution < -0.4 is 10.1 Å². The molecular formula is C14H12N2O5. The number of aromatic hydroxyl groups is 1. The third-order valence-corrected chi connectivity index (χ3v) is 2.74. The van der Waals surface area contributed by atoms with E-state index < -0.39 is 10.8 Å². The Labute approximate surface area is 119 Å². The van der Waals surface area contributed by atoms with Gasteiger partial charge in [0.1, 0.15) is 5.75 Å². The summed E-state index contributed by atoms with van der Waals surface area (Å²) in [6, 6.07) is 9.89. The van der Waals surface area contributed by atoms with Gasteiger partial charge in [0.25, 0.3) is 5.91 Å². The first-order valence-electron chi connectivity index (χ1n) is 5.94. The summed E-state index contributed by atoms with van der Waals surface area (Å²) in [5.41, 5.74) is 0.407. The van der Waals surface area contributed by atoms with E-state index in [0.717, 1.165) is 0 Å². The monoisotopic (exact) mass is 288 g/mol. The molecule has 2 N–H and O–H groups in total. The Hall–Kier alpha value is -3.09. The van der Waals surface area contributed by atoms with Gasteiger partial charge in [0.2, 0.25) is 0 Å². The second-order valence-electron chi connectivity index (χ2n) is 4.15. The molecular weight excluding hydrogens is 276 g/mol. The second-order valence-corrected chi connectivity index (χ2v) is 4.15. The zero-order valence-electron chi connectivity index (χ0n) is 11.1. The molecule has 0 radical (unpaired) electrons. The molecule has 0 heterocycles. The lowest BCUT2D eigenvalue weighted by Gasteiger charge is -2.07. The summed E-state index contributed by atoms with van der Waals surface area (Å²) in [4.78, 5) is 22.3. The maximum absolute atomic E-state index is 12.1. The number of anilines is 1. The van der Waals surface area contributed by atoms with E-state index in [1.165, 1.54) is 37.4 Å². The average molecular weight is 288 g/mol. The number of phenolic OH excluding ortho intramolecular Hbond substituents is 1. The number of nitro groups is 1. The van der Waals surface area contributed by atoms with Crippen molar-refractivity contribution < 1.29 is 19.6 Å². The first-order chi connectivity index (χ1) is 10.0. The number of phenols is 1. The average Bonchev–Trinajstić information content (AvgIpc) is 2.46. The molecule has 7 nitrogen and oxygen atoms in total. The van der Waals surface area contributed by atoms with Gasteiger partial charge in [-0.2, -0.15) is 0 Å². The molecule has 7 heteroatoms. The Morgan fingerprint density at radius 2 is 2.05 bits per heavy atom. The molecule has 0 atom stereocenters. The number of benzene rings is 2. The summed E-state index contributed by atoms with van der Waals surface area (Å²) >= 11 is 0. The smallest absolute Gasteiger partial charge is 0.310 e. The third-order valence-electron chi connectivity index (χ3n) is 2.74. The van der Waals surface area contributed by atoms with E-state index >= 15 is 0 Å². The third kappa shape index (κ3) is 3.27. The topological polar surface area (TPSA) is 102 Å². The highest BCUT2D eigenvalue weighted by molar-refractivity contribution is 6.04. The first kappa shape index (κ1) is 14.3. The summed E-state index contributed by atoms with van der Waals surface area (Å²) in [6.07, 6.45) is 0. The Morgan fingerprint density at radius 3 is 2.67 bits per heavy atom.